The summed E-state index contributed by atoms with van der Waals surface area (Å²) in [5.41, 5.74) is 0.959. The molecule has 2 heterocycles. The molecule has 1 atom stereocenters. The molecule has 1 amide bonds. The molecule has 1 aromatic heterocycles. The van der Waals surface area contributed by atoms with E-state index in [2.05, 4.69) is 15.3 Å². The highest BCUT2D eigenvalue weighted by atomic mass is 16.2. The van der Waals surface area contributed by atoms with Gasteiger partial charge in [0.2, 0.25) is 5.91 Å². The van der Waals surface area contributed by atoms with Gasteiger partial charge in [0.25, 0.3) is 0 Å². The summed E-state index contributed by atoms with van der Waals surface area (Å²) in [5, 5.41) is 3.37. The molecule has 0 aliphatic carbocycles. The molecule has 5 heteroatoms. The Balaban J connectivity index is 2.03. The van der Waals surface area contributed by atoms with Crippen molar-refractivity contribution in [3.8, 4) is 0 Å². The van der Waals surface area contributed by atoms with Crippen molar-refractivity contribution in [3.63, 3.8) is 0 Å². The van der Waals surface area contributed by atoms with Crippen molar-refractivity contribution in [2.24, 2.45) is 0 Å². The maximum absolute atomic E-state index is 11.4. The number of rotatable bonds is 2. The summed E-state index contributed by atoms with van der Waals surface area (Å²) < 4.78 is 0. The Kier molecular flexibility index (Phi) is 3.26. The highest BCUT2D eigenvalue weighted by Crippen LogP contribution is 2.15. The minimum Gasteiger partial charge on any atom is -0.365 e. The molecule has 0 spiro atoms. The van der Waals surface area contributed by atoms with Crippen LogP contribution >= 0.6 is 0 Å². The number of carbonyl (C=O) groups excluding carboxylic acids is 1. The Bertz CT molecular complexity index is 412. The fourth-order valence-electron chi connectivity index (χ4n) is 2.13. The van der Waals surface area contributed by atoms with Gasteiger partial charge in [0.15, 0.2) is 0 Å². The Hall–Kier alpha value is -1.65. The van der Waals surface area contributed by atoms with Crippen LogP contribution in [0.2, 0.25) is 0 Å². The molecule has 0 radical (unpaired) electrons. The summed E-state index contributed by atoms with van der Waals surface area (Å²) in [6, 6.07) is 2.22. The minimum absolute atomic E-state index is 0.220. The molecule has 1 N–H and O–H groups in total. The first-order chi connectivity index (χ1) is 8.04. The van der Waals surface area contributed by atoms with Gasteiger partial charge in [-0.05, 0) is 20.3 Å². The summed E-state index contributed by atoms with van der Waals surface area (Å²) in [4.78, 5) is 21.7. The van der Waals surface area contributed by atoms with Crippen LogP contribution in [0.1, 0.15) is 24.4 Å². The van der Waals surface area contributed by atoms with Crippen LogP contribution in [0, 0.1) is 13.8 Å². The van der Waals surface area contributed by atoms with Crippen LogP contribution in [0.15, 0.2) is 6.07 Å². The van der Waals surface area contributed by atoms with E-state index in [1.165, 1.54) is 0 Å². The zero-order valence-corrected chi connectivity index (χ0v) is 10.5. The first-order valence-corrected chi connectivity index (χ1v) is 5.87. The van der Waals surface area contributed by atoms with Crippen LogP contribution in [0.4, 0.5) is 5.82 Å². The molecule has 0 unspecified atom stereocenters. The molecular weight excluding hydrogens is 216 g/mol. The number of nitrogens with zero attached hydrogens (tertiary/aromatic N) is 3. The highest BCUT2D eigenvalue weighted by molar-refractivity contribution is 5.77. The Labute approximate surface area is 101 Å². The van der Waals surface area contributed by atoms with E-state index < -0.39 is 0 Å². The van der Waals surface area contributed by atoms with E-state index in [4.69, 9.17) is 0 Å². The maximum atomic E-state index is 11.4. The van der Waals surface area contributed by atoms with Gasteiger partial charge in [-0.2, -0.15) is 0 Å². The number of carbonyl (C=O) groups is 1. The quantitative estimate of drug-likeness (QED) is 0.833. The molecule has 92 valence electrons. The van der Waals surface area contributed by atoms with Gasteiger partial charge < -0.3 is 10.2 Å². The molecule has 1 aromatic rings. The first kappa shape index (κ1) is 11.8. The lowest BCUT2D eigenvalue weighted by Gasteiger charge is -2.30. The second-order valence-electron chi connectivity index (χ2n) is 4.60. The summed E-state index contributed by atoms with van der Waals surface area (Å²) in [5.74, 6) is 1.84. The van der Waals surface area contributed by atoms with Gasteiger partial charge in [0.1, 0.15) is 11.6 Å². The molecule has 1 aliphatic rings. The monoisotopic (exact) mass is 234 g/mol. The van der Waals surface area contributed by atoms with E-state index in [0.717, 1.165) is 30.3 Å². The standard InChI is InChI=1S/C12H18N4O/c1-8-6-11(14-9(2)13-8)15-10-4-5-12(17)16(3)7-10/h6,10H,4-5,7H2,1-3H3,(H,13,14,15)/t10-/m1/s1. The van der Waals surface area contributed by atoms with E-state index in [0.29, 0.717) is 6.42 Å². The van der Waals surface area contributed by atoms with E-state index in [9.17, 15) is 4.79 Å². The van der Waals surface area contributed by atoms with Crippen molar-refractivity contribution in [1.82, 2.24) is 14.9 Å². The van der Waals surface area contributed by atoms with Crippen molar-refractivity contribution >= 4 is 11.7 Å². The smallest absolute Gasteiger partial charge is 0.222 e. The average molecular weight is 234 g/mol. The Morgan fingerprint density at radius 3 is 2.82 bits per heavy atom. The third-order valence-electron chi connectivity index (χ3n) is 2.94. The normalized spacial score (nSPS) is 20.5. The van der Waals surface area contributed by atoms with Gasteiger partial charge in [-0.3, -0.25) is 4.79 Å². The van der Waals surface area contributed by atoms with E-state index in [-0.39, 0.29) is 11.9 Å². The molecule has 0 bridgehead atoms. The van der Waals surface area contributed by atoms with Crippen molar-refractivity contribution in [3.05, 3.63) is 17.6 Å². The topological polar surface area (TPSA) is 58.1 Å². The van der Waals surface area contributed by atoms with E-state index >= 15 is 0 Å². The highest BCUT2D eigenvalue weighted by Gasteiger charge is 2.22. The molecular formula is C12H18N4O. The van der Waals surface area contributed by atoms with Crippen molar-refractivity contribution < 1.29 is 4.79 Å². The van der Waals surface area contributed by atoms with Gasteiger partial charge in [-0.25, -0.2) is 9.97 Å². The van der Waals surface area contributed by atoms with Crippen LogP contribution in [-0.2, 0) is 4.79 Å². The number of likely N-dealkylation sites (N-methyl/N-ethyl adjacent to an activating group) is 1. The fraction of sp³-hybridized carbons (Fsp3) is 0.583. The number of likely N-dealkylation sites (tertiary alicyclic amines) is 1. The molecule has 0 saturated carbocycles. The lowest BCUT2D eigenvalue weighted by atomic mass is 10.1. The predicted molar refractivity (Wildman–Crippen MR) is 65.8 cm³/mol. The molecule has 1 fully saturated rings. The van der Waals surface area contributed by atoms with Crippen LogP contribution in [-0.4, -0.2) is 40.4 Å². The van der Waals surface area contributed by atoms with E-state index in [1.807, 2.05) is 27.0 Å². The zero-order chi connectivity index (χ0) is 12.4. The lowest BCUT2D eigenvalue weighted by Crippen LogP contribution is -2.43. The molecule has 1 aliphatic heterocycles. The third kappa shape index (κ3) is 2.93. The van der Waals surface area contributed by atoms with Crippen LogP contribution in [0.3, 0.4) is 0 Å². The van der Waals surface area contributed by atoms with E-state index in [1.54, 1.807) is 4.90 Å². The Morgan fingerprint density at radius 1 is 1.41 bits per heavy atom. The average Bonchev–Trinajstić information content (AvgIpc) is 2.22. The molecule has 0 aromatic carbocycles. The van der Waals surface area contributed by atoms with Gasteiger partial charge >= 0.3 is 0 Å². The number of amides is 1. The number of aromatic nitrogens is 2. The second kappa shape index (κ2) is 4.69. The molecule has 5 nitrogen and oxygen atoms in total. The maximum Gasteiger partial charge on any atom is 0.222 e. The van der Waals surface area contributed by atoms with Gasteiger partial charge in [0.05, 0.1) is 0 Å². The zero-order valence-electron chi connectivity index (χ0n) is 10.5. The number of hydrogen-bond acceptors (Lipinski definition) is 4. The lowest BCUT2D eigenvalue weighted by molar-refractivity contribution is -0.132. The minimum atomic E-state index is 0.220. The van der Waals surface area contributed by atoms with Crippen LogP contribution in [0.5, 0.6) is 0 Å². The number of nitrogens with one attached hydrogen (secondary N) is 1. The van der Waals surface area contributed by atoms with Crippen molar-refractivity contribution in [2.75, 3.05) is 18.9 Å². The predicted octanol–water partition coefficient (Wildman–Crippen LogP) is 1.13. The van der Waals surface area contributed by atoms with Crippen LogP contribution in [0.25, 0.3) is 0 Å². The Morgan fingerprint density at radius 2 is 2.18 bits per heavy atom. The van der Waals surface area contributed by atoms with Crippen LogP contribution < -0.4 is 5.32 Å². The number of piperidine rings is 1. The summed E-state index contributed by atoms with van der Waals surface area (Å²) in [6.07, 6.45) is 1.47. The van der Waals surface area contributed by atoms with Crippen molar-refractivity contribution in [1.29, 1.82) is 0 Å². The molecule has 1 saturated heterocycles. The fourth-order valence-corrected chi connectivity index (χ4v) is 2.13. The van der Waals surface area contributed by atoms with Gasteiger partial charge in [0, 0.05) is 37.8 Å². The molecule has 2 rings (SSSR count). The second-order valence-corrected chi connectivity index (χ2v) is 4.60. The SMILES string of the molecule is Cc1cc(N[C@@H]2CCC(=O)N(C)C2)nc(C)n1. The van der Waals surface area contributed by atoms with Gasteiger partial charge in [-0.1, -0.05) is 0 Å². The molecule has 17 heavy (non-hydrogen) atoms. The number of anilines is 1. The summed E-state index contributed by atoms with van der Waals surface area (Å²) >= 11 is 0. The first-order valence-electron chi connectivity index (χ1n) is 5.87. The summed E-state index contributed by atoms with van der Waals surface area (Å²) in [7, 11) is 1.84. The number of aryl methyl sites for hydroxylation is 2. The van der Waals surface area contributed by atoms with Crippen molar-refractivity contribution in [2.45, 2.75) is 32.7 Å². The largest absolute Gasteiger partial charge is 0.365 e. The summed E-state index contributed by atoms with van der Waals surface area (Å²) in [6.45, 7) is 4.58. The number of hydrogen-bond donors (Lipinski definition) is 1. The third-order valence-corrected chi connectivity index (χ3v) is 2.94. The van der Waals surface area contributed by atoms with Gasteiger partial charge in [-0.15, -0.1) is 0 Å².